The van der Waals surface area contributed by atoms with Crippen LogP contribution in [-0.2, 0) is 6.54 Å². The number of pyridine rings is 1. The smallest absolute Gasteiger partial charge is 0.254 e. The topological polar surface area (TPSA) is 80.4 Å². The summed E-state index contributed by atoms with van der Waals surface area (Å²) in [7, 11) is 0. The molecule has 2 heterocycles. The lowest BCUT2D eigenvalue weighted by atomic mass is 10.1. The number of rotatable bonds is 4. The minimum absolute atomic E-state index is 0.118. The van der Waals surface area contributed by atoms with Gasteiger partial charge >= 0.3 is 0 Å². The number of hydrogen-bond acceptors (Lipinski definition) is 5. The maximum absolute atomic E-state index is 12.7. The number of thioether (sulfide) groups is 1. The first kappa shape index (κ1) is 18.7. The van der Waals surface area contributed by atoms with Crippen LogP contribution >= 0.6 is 23.4 Å². The summed E-state index contributed by atoms with van der Waals surface area (Å²) in [5, 5.41) is 3.11. The predicted molar refractivity (Wildman–Crippen MR) is 102 cm³/mol. The first-order valence-electron chi connectivity index (χ1n) is 8.03. The van der Waals surface area contributed by atoms with Gasteiger partial charge in [0.05, 0.1) is 5.02 Å². The Morgan fingerprint density at radius 1 is 1.31 bits per heavy atom. The first-order chi connectivity index (χ1) is 12.3. The molecule has 0 saturated heterocycles. The molecule has 2 aromatic rings. The van der Waals surface area contributed by atoms with Crippen molar-refractivity contribution in [2.24, 2.45) is 0 Å². The zero-order chi connectivity index (χ0) is 19.0. The molecule has 1 aliphatic heterocycles. The largest absolute Gasteiger partial charge is 0.451 e. The van der Waals surface area contributed by atoms with Crippen molar-refractivity contribution < 1.29 is 14.3 Å². The summed E-state index contributed by atoms with van der Waals surface area (Å²) in [5.41, 5.74) is 2.13. The fourth-order valence-corrected chi connectivity index (χ4v) is 3.79. The van der Waals surface area contributed by atoms with Gasteiger partial charge in [0, 0.05) is 40.7 Å². The highest BCUT2D eigenvalue weighted by atomic mass is 35.5. The summed E-state index contributed by atoms with van der Waals surface area (Å²) in [6.45, 7) is 5.47. The molecule has 26 heavy (non-hydrogen) atoms. The third-order valence-electron chi connectivity index (χ3n) is 4.13. The second kappa shape index (κ2) is 7.25. The Kier molecular flexibility index (Phi) is 5.20. The van der Waals surface area contributed by atoms with Crippen LogP contribution in [0, 0.1) is 13.8 Å². The molecule has 138 valence electrons. The highest BCUT2D eigenvalue weighted by Crippen LogP contribution is 2.44. The van der Waals surface area contributed by atoms with E-state index < -0.39 is 6.29 Å². The maximum Gasteiger partial charge on any atom is 0.254 e. The van der Waals surface area contributed by atoms with Gasteiger partial charge in [0.1, 0.15) is 0 Å². The minimum Gasteiger partial charge on any atom is -0.451 e. The van der Waals surface area contributed by atoms with Gasteiger partial charge in [-0.3, -0.25) is 9.59 Å². The number of aryl methyl sites for hydroxylation is 1. The van der Waals surface area contributed by atoms with Gasteiger partial charge in [-0.15, -0.1) is 11.8 Å². The monoisotopic (exact) mass is 394 g/mol. The number of H-pyrrole nitrogens is 1. The number of aromatic amines is 1. The highest BCUT2D eigenvalue weighted by Gasteiger charge is 2.28. The Bertz CT molecular complexity index is 942. The average Bonchev–Trinajstić information content (AvgIpc) is 2.99. The highest BCUT2D eigenvalue weighted by molar-refractivity contribution is 7.98. The molecule has 0 saturated carbocycles. The molecule has 0 fully saturated rings. The lowest BCUT2D eigenvalue weighted by Crippen LogP contribution is -2.28. The van der Waals surface area contributed by atoms with E-state index in [1.54, 1.807) is 19.9 Å². The van der Waals surface area contributed by atoms with Gasteiger partial charge in [-0.25, -0.2) is 0 Å². The first-order valence-corrected chi connectivity index (χ1v) is 9.63. The van der Waals surface area contributed by atoms with Crippen LogP contribution in [0.3, 0.4) is 0 Å². The normalized spacial score (nSPS) is 15.2. The molecule has 1 aromatic heterocycles. The number of aromatic nitrogens is 1. The molecule has 1 unspecified atom stereocenters. The number of carbonyl (C=O) groups excluding carboxylic acids is 1. The van der Waals surface area contributed by atoms with Crippen LogP contribution in [0.1, 0.15) is 34.1 Å². The third-order valence-corrected chi connectivity index (χ3v) is 5.21. The van der Waals surface area contributed by atoms with Crippen molar-refractivity contribution in [1.82, 2.24) is 10.3 Å². The van der Waals surface area contributed by atoms with Crippen LogP contribution in [0.2, 0.25) is 5.02 Å². The molecule has 1 aromatic carbocycles. The quantitative estimate of drug-likeness (QED) is 0.777. The number of nitrogens with one attached hydrogen (secondary N) is 2. The van der Waals surface area contributed by atoms with Crippen LogP contribution in [0.5, 0.6) is 11.5 Å². The lowest BCUT2D eigenvalue weighted by Gasteiger charge is -2.12. The summed E-state index contributed by atoms with van der Waals surface area (Å²) in [5.74, 6) is 0.600. The van der Waals surface area contributed by atoms with Gasteiger partial charge in [-0.05, 0) is 32.2 Å². The summed E-state index contributed by atoms with van der Waals surface area (Å²) in [6, 6.07) is 3.44. The van der Waals surface area contributed by atoms with Gasteiger partial charge in [0.25, 0.3) is 11.5 Å². The molecule has 0 radical (unpaired) electrons. The molecule has 1 aliphatic rings. The number of fused-ring (bicyclic) bond motifs is 1. The van der Waals surface area contributed by atoms with E-state index in [1.807, 2.05) is 19.2 Å². The molecule has 2 N–H and O–H groups in total. The van der Waals surface area contributed by atoms with Crippen molar-refractivity contribution in [3.63, 3.8) is 0 Å². The number of carbonyl (C=O) groups is 1. The summed E-state index contributed by atoms with van der Waals surface area (Å²) in [4.78, 5) is 28.5. The number of halogens is 1. The van der Waals surface area contributed by atoms with E-state index in [-0.39, 0.29) is 18.0 Å². The molecule has 1 amide bonds. The van der Waals surface area contributed by atoms with Crippen LogP contribution in [0.25, 0.3) is 0 Å². The van der Waals surface area contributed by atoms with Gasteiger partial charge in [0.2, 0.25) is 6.29 Å². The van der Waals surface area contributed by atoms with E-state index in [0.29, 0.717) is 33.2 Å². The van der Waals surface area contributed by atoms with Gasteiger partial charge < -0.3 is 19.8 Å². The van der Waals surface area contributed by atoms with Crippen molar-refractivity contribution in [2.75, 3.05) is 6.26 Å². The number of benzene rings is 1. The van der Waals surface area contributed by atoms with Crippen molar-refractivity contribution >= 4 is 29.3 Å². The van der Waals surface area contributed by atoms with Crippen molar-refractivity contribution in [2.45, 2.75) is 38.5 Å². The van der Waals surface area contributed by atoms with Gasteiger partial charge in [-0.2, -0.15) is 0 Å². The Hall–Kier alpha value is -2.12. The molecule has 3 rings (SSSR count). The van der Waals surface area contributed by atoms with Crippen LogP contribution in [0.15, 0.2) is 21.8 Å². The molecular formula is C18H19ClN2O4S. The van der Waals surface area contributed by atoms with E-state index >= 15 is 0 Å². The molecule has 1 atom stereocenters. The molecule has 8 heteroatoms. The number of amides is 1. The minimum atomic E-state index is -0.449. The second-order valence-electron chi connectivity index (χ2n) is 6.00. The van der Waals surface area contributed by atoms with Crippen LogP contribution < -0.4 is 20.3 Å². The number of hydrogen-bond donors (Lipinski definition) is 2. The van der Waals surface area contributed by atoms with E-state index in [4.69, 9.17) is 21.1 Å². The van der Waals surface area contributed by atoms with E-state index in [1.165, 1.54) is 11.8 Å². The van der Waals surface area contributed by atoms with E-state index in [2.05, 4.69) is 10.3 Å². The van der Waals surface area contributed by atoms with E-state index in [0.717, 1.165) is 10.6 Å². The Morgan fingerprint density at radius 3 is 2.69 bits per heavy atom. The Labute approximate surface area is 160 Å². The maximum atomic E-state index is 12.7. The van der Waals surface area contributed by atoms with Crippen molar-refractivity contribution in [3.8, 4) is 11.5 Å². The summed E-state index contributed by atoms with van der Waals surface area (Å²) >= 11 is 7.68. The van der Waals surface area contributed by atoms with Gasteiger partial charge in [0.15, 0.2) is 11.5 Å². The van der Waals surface area contributed by atoms with Crippen molar-refractivity contribution in [3.05, 3.63) is 49.9 Å². The fraction of sp³-hybridized carbons (Fsp3) is 0.333. The molecule has 0 bridgehead atoms. The SMILES string of the molecule is CSc1cc(C)[nH]c(=O)c1CNC(=O)c1cc(Cl)c2c(c1C)OC(C)O2. The summed E-state index contributed by atoms with van der Waals surface area (Å²) in [6.07, 6.45) is 1.44. The standard InChI is InChI=1S/C18H19ClN2O4S/c1-8-5-14(26-4)12(18(23)21-8)7-20-17(22)11-6-13(19)16-15(9(11)2)24-10(3)25-16/h5-6,10H,7H2,1-4H3,(H,20,22)(H,21,23). The summed E-state index contributed by atoms with van der Waals surface area (Å²) < 4.78 is 11.1. The van der Waals surface area contributed by atoms with Crippen LogP contribution in [0.4, 0.5) is 0 Å². The molecule has 0 aliphatic carbocycles. The van der Waals surface area contributed by atoms with E-state index in [9.17, 15) is 9.59 Å². The predicted octanol–water partition coefficient (Wildman–Crippen LogP) is 3.41. The third kappa shape index (κ3) is 3.41. The fourth-order valence-electron chi connectivity index (χ4n) is 2.84. The molecule has 6 nitrogen and oxygen atoms in total. The number of ether oxygens (including phenoxy) is 2. The zero-order valence-corrected chi connectivity index (χ0v) is 16.4. The zero-order valence-electron chi connectivity index (χ0n) is 14.9. The van der Waals surface area contributed by atoms with Crippen LogP contribution in [-0.4, -0.2) is 23.4 Å². The molecular weight excluding hydrogens is 376 g/mol. The Balaban J connectivity index is 1.86. The van der Waals surface area contributed by atoms with Crippen molar-refractivity contribution in [1.29, 1.82) is 0 Å². The second-order valence-corrected chi connectivity index (χ2v) is 7.26. The molecule has 0 spiro atoms. The van der Waals surface area contributed by atoms with Gasteiger partial charge in [-0.1, -0.05) is 11.6 Å². The lowest BCUT2D eigenvalue weighted by molar-refractivity contribution is 0.0674. The Morgan fingerprint density at radius 2 is 2.00 bits per heavy atom. The average molecular weight is 395 g/mol.